The molecule has 1 atom stereocenters. The number of methoxy groups -OCH3 is 1. The minimum atomic E-state index is -0.738. The topological polar surface area (TPSA) is 88.8 Å². The van der Waals surface area contributed by atoms with Crippen molar-refractivity contribution in [2.24, 2.45) is 0 Å². The average molecular weight is 412 g/mol. The highest BCUT2D eigenvalue weighted by molar-refractivity contribution is 7.96. The van der Waals surface area contributed by atoms with Gasteiger partial charge in [0.05, 0.1) is 7.11 Å². The molecule has 0 aliphatic carbocycles. The normalized spacial score (nSPS) is 12.2. The number of rotatable bonds is 7. The number of ether oxygens (including phenoxy) is 2. The van der Waals surface area contributed by atoms with Gasteiger partial charge >= 0.3 is 11.6 Å². The lowest BCUT2D eigenvalue weighted by atomic mass is 10.2. The fourth-order valence-corrected chi connectivity index (χ4v) is 4.00. The molecule has 1 unspecified atom stereocenters. The van der Waals surface area contributed by atoms with Gasteiger partial charge in [0.15, 0.2) is 0 Å². The minimum Gasteiger partial charge on any atom is -0.868 e. The number of hydrogen-bond acceptors (Lipinski definition) is 6. The van der Waals surface area contributed by atoms with Crippen LogP contribution < -0.4 is 15.5 Å². The third-order valence-corrected chi connectivity index (χ3v) is 6.05. The molecule has 1 heterocycles. The molecule has 0 bridgehead atoms. The first-order valence-corrected chi connectivity index (χ1v) is 10.6. The maximum Gasteiger partial charge on any atom is 0.391 e. The Hall–Kier alpha value is -3.19. The number of carbonyl (C=O) groups is 1. The summed E-state index contributed by atoms with van der Waals surface area (Å²) >= 11 is 0. The van der Waals surface area contributed by atoms with Crippen molar-refractivity contribution in [3.8, 4) is 11.5 Å². The fourth-order valence-electron chi connectivity index (χ4n) is 2.71. The summed E-state index contributed by atoms with van der Waals surface area (Å²) in [6.07, 6.45) is 4.77. The molecule has 29 heavy (non-hydrogen) atoms. The second kappa shape index (κ2) is 9.34. The van der Waals surface area contributed by atoms with Crippen molar-refractivity contribution in [3.63, 3.8) is 0 Å². The van der Waals surface area contributed by atoms with Gasteiger partial charge in [0, 0.05) is 22.4 Å². The van der Waals surface area contributed by atoms with Crippen molar-refractivity contribution in [2.45, 2.75) is 4.90 Å². The summed E-state index contributed by atoms with van der Waals surface area (Å²) in [4.78, 5) is 24.2. The zero-order valence-electron chi connectivity index (χ0n) is 16.0. The number of fused-ring (bicyclic) bond motifs is 1. The van der Waals surface area contributed by atoms with E-state index in [2.05, 4.69) is 0 Å². The molecule has 0 N–H and O–H groups in total. The molecule has 2 aromatic carbocycles. The van der Waals surface area contributed by atoms with Gasteiger partial charge in [-0.1, -0.05) is 30.3 Å². The predicted molar refractivity (Wildman–Crippen MR) is 111 cm³/mol. The van der Waals surface area contributed by atoms with E-state index >= 15 is 0 Å². The lowest BCUT2D eigenvalue weighted by Gasteiger charge is -2.14. The van der Waals surface area contributed by atoms with Gasteiger partial charge in [-0.05, 0) is 35.6 Å². The predicted octanol–water partition coefficient (Wildman–Crippen LogP) is 2.74. The fraction of sp³-hybridized carbons (Fsp3) is 0.182. The highest BCUT2D eigenvalue weighted by Crippen LogP contribution is 2.30. The van der Waals surface area contributed by atoms with Crippen molar-refractivity contribution < 1.29 is 23.8 Å². The molecule has 0 amide bonds. The Morgan fingerprint density at radius 1 is 1.21 bits per heavy atom. The monoisotopic (exact) mass is 412 g/mol. The van der Waals surface area contributed by atoms with Crippen molar-refractivity contribution >= 4 is 33.9 Å². The Kier molecular flexibility index (Phi) is 6.61. The standard InChI is InChI=1S/C22H20O6S/c1-26-16-9-10-18-17(14-16)20(24)21(22(25)28-18)29(2)13-12-27-19(23)11-8-15-6-4-3-5-7-15/h3-11,14H,12-13H2,1-2H3/b11-8+. The molecule has 0 saturated heterocycles. The van der Waals surface area contributed by atoms with Gasteiger partial charge in [0.1, 0.15) is 29.9 Å². The maximum atomic E-state index is 12.8. The molecular weight excluding hydrogens is 392 g/mol. The summed E-state index contributed by atoms with van der Waals surface area (Å²) in [5.41, 5.74) is 0.452. The molecule has 7 heteroatoms. The van der Waals surface area contributed by atoms with Gasteiger partial charge in [0.25, 0.3) is 0 Å². The first-order valence-electron chi connectivity index (χ1n) is 8.84. The van der Waals surface area contributed by atoms with Crippen LogP contribution in [0.25, 0.3) is 17.0 Å². The molecule has 6 nitrogen and oxygen atoms in total. The number of hydrogen-bond donors (Lipinski definition) is 0. The van der Waals surface area contributed by atoms with E-state index in [0.717, 1.165) is 5.56 Å². The van der Waals surface area contributed by atoms with Gasteiger partial charge in [-0.25, -0.2) is 9.59 Å². The lowest BCUT2D eigenvalue weighted by Crippen LogP contribution is -2.22. The Morgan fingerprint density at radius 2 is 1.97 bits per heavy atom. The van der Waals surface area contributed by atoms with E-state index < -0.39 is 22.5 Å². The van der Waals surface area contributed by atoms with E-state index in [1.165, 1.54) is 19.3 Å². The third kappa shape index (κ3) is 5.00. The van der Waals surface area contributed by atoms with E-state index in [4.69, 9.17) is 13.9 Å². The maximum absolute atomic E-state index is 12.8. The SMILES string of the molecule is COc1ccc2oc(=O)c([S+](C)CCOC(=O)/C=C/c3ccccc3)c([O-])c2c1. The zero-order chi connectivity index (χ0) is 20.8. The molecule has 0 aliphatic heterocycles. The Labute approximate surface area is 170 Å². The molecule has 0 fully saturated rings. The minimum absolute atomic E-state index is 0.0710. The van der Waals surface area contributed by atoms with Crippen LogP contribution in [-0.2, 0) is 20.4 Å². The van der Waals surface area contributed by atoms with E-state index in [9.17, 15) is 14.7 Å². The second-order valence-corrected chi connectivity index (χ2v) is 8.25. The van der Waals surface area contributed by atoms with Crippen molar-refractivity contribution in [1.29, 1.82) is 0 Å². The molecular formula is C22H20O6S. The summed E-state index contributed by atoms with van der Waals surface area (Å²) < 4.78 is 15.6. The highest BCUT2D eigenvalue weighted by atomic mass is 32.2. The van der Waals surface area contributed by atoms with Gasteiger partial charge in [-0.15, -0.1) is 0 Å². The van der Waals surface area contributed by atoms with Crippen LogP contribution in [0.3, 0.4) is 0 Å². The molecule has 3 aromatic rings. The van der Waals surface area contributed by atoms with E-state index in [1.807, 2.05) is 30.3 Å². The van der Waals surface area contributed by atoms with Crippen molar-refractivity contribution in [3.05, 3.63) is 70.6 Å². The van der Waals surface area contributed by atoms with Gasteiger partial charge < -0.3 is 19.0 Å². The molecule has 0 aliphatic rings. The Balaban J connectivity index is 1.66. The molecule has 150 valence electrons. The zero-order valence-corrected chi connectivity index (χ0v) is 16.9. The quantitative estimate of drug-likeness (QED) is 0.257. The third-order valence-electron chi connectivity index (χ3n) is 4.22. The van der Waals surface area contributed by atoms with Crippen LogP contribution >= 0.6 is 0 Å². The van der Waals surface area contributed by atoms with Crippen LogP contribution in [0.15, 0.2) is 68.7 Å². The van der Waals surface area contributed by atoms with Crippen molar-refractivity contribution in [2.75, 3.05) is 25.7 Å². The molecule has 0 spiro atoms. The highest BCUT2D eigenvalue weighted by Gasteiger charge is 2.24. The van der Waals surface area contributed by atoms with E-state index in [0.29, 0.717) is 16.9 Å². The molecule has 0 radical (unpaired) electrons. The second-order valence-electron chi connectivity index (χ2n) is 6.16. The lowest BCUT2D eigenvalue weighted by molar-refractivity contribution is -0.270. The van der Waals surface area contributed by atoms with Gasteiger partial charge in [0.2, 0.25) is 4.90 Å². The van der Waals surface area contributed by atoms with E-state index in [1.54, 1.807) is 24.5 Å². The number of benzene rings is 2. The average Bonchev–Trinajstić information content (AvgIpc) is 2.73. The number of esters is 1. The Morgan fingerprint density at radius 3 is 2.69 bits per heavy atom. The summed E-state index contributed by atoms with van der Waals surface area (Å²) in [6, 6.07) is 14.1. The molecule has 3 rings (SSSR count). The van der Waals surface area contributed by atoms with E-state index in [-0.39, 0.29) is 22.8 Å². The van der Waals surface area contributed by atoms with Crippen molar-refractivity contribution in [1.82, 2.24) is 0 Å². The molecule has 1 aromatic heterocycles. The van der Waals surface area contributed by atoms with Crippen LogP contribution in [-0.4, -0.2) is 31.7 Å². The summed E-state index contributed by atoms with van der Waals surface area (Å²) in [6.45, 7) is 0.0899. The summed E-state index contributed by atoms with van der Waals surface area (Å²) in [5, 5.41) is 13.1. The summed E-state index contributed by atoms with van der Waals surface area (Å²) in [5.74, 6) is -0.00953. The first kappa shape index (κ1) is 20.5. The first-order chi connectivity index (χ1) is 14.0. The van der Waals surface area contributed by atoms with Crippen LogP contribution in [0, 0.1) is 0 Å². The number of carbonyl (C=O) groups excluding carboxylic acids is 1. The van der Waals surface area contributed by atoms with Crippen LogP contribution in [0.2, 0.25) is 0 Å². The largest absolute Gasteiger partial charge is 0.868 e. The molecule has 0 saturated carbocycles. The summed E-state index contributed by atoms with van der Waals surface area (Å²) in [7, 11) is 0.758. The Bertz CT molecular complexity index is 1090. The van der Waals surface area contributed by atoms with Gasteiger partial charge in [-0.3, -0.25) is 0 Å². The van der Waals surface area contributed by atoms with Gasteiger partial charge in [-0.2, -0.15) is 0 Å². The smallest absolute Gasteiger partial charge is 0.391 e. The van der Waals surface area contributed by atoms with Crippen LogP contribution in [0.4, 0.5) is 0 Å². The van der Waals surface area contributed by atoms with Crippen LogP contribution in [0.1, 0.15) is 5.56 Å². The van der Waals surface area contributed by atoms with Crippen LogP contribution in [0.5, 0.6) is 11.5 Å².